The molecular formula is C17H27NO. The van der Waals surface area contributed by atoms with Gasteiger partial charge >= 0.3 is 0 Å². The Morgan fingerprint density at radius 2 is 1.84 bits per heavy atom. The normalized spacial score (nSPS) is 24.4. The predicted molar refractivity (Wildman–Crippen MR) is 80.3 cm³/mol. The second-order valence-corrected chi connectivity index (χ2v) is 6.61. The van der Waals surface area contributed by atoms with Gasteiger partial charge in [0.25, 0.3) is 0 Å². The Bertz CT molecular complexity index is 374. The van der Waals surface area contributed by atoms with Gasteiger partial charge in [-0.15, -0.1) is 0 Å². The van der Waals surface area contributed by atoms with E-state index in [2.05, 4.69) is 49.5 Å². The van der Waals surface area contributed by atoms with Crippen molar-refractivity contribution >= 4 is 0 Å². The fourth-order valence-electron chi connectivity index (χ4n) is 2.94. The highest BCUT2D eigenvalue weighted by Crippen LogP contribution is 2.33. The Hall–Kier alpha value is -0.860. The molecule has 0 heterocycles. The van der Waals surface area contributed by atoms with Crippen LogP contribution in [0, 0.1) is 5.41 Å². The molecule has 1 aromatic rings. The SMILES string of the molecule is CC(C)(CO)CNC1CCCCC1c1ccccc1. The number of aliphatic hydroxyl groups excluding tert-OH is 1. The fourth-order valence-corrected chi connectivity index (χ4v) is 2.94. The maximum Gasteiger partial charge on any atom is 0.0494 e. The molecule has 2 unspecified atom stereocenters. The van der Waals surface area contributed by atoms with Gasteiger partial charge in [-0.05, 0) is 24.3 Å². The van der Waals surface area contributed by atoms with Gasteiger partial charge in [0.05, 0.1) is 0 Å². The number of hydrogen-bond acceptors (Lipinski definition) is 2. The van der Waals surface area contributed by atoms with Crippen LogP contribution in [-0.4, -0.2) is 24.3 Å². The van der Waals surface area contributed by atoms with Crippen LogP contribution in [0.5, 0.6) is 0 Å². The summed E-state index contributed by atoms with van der Waals surface area (Å²) in [7, 11) is 0. The summed E-state index contributed by atoms with van der Waals surface area (Å²) in [6, 6.07) is 11.4. The molecule has 0 spiro atoms. The maximum absolute atomic E-state index is 9.37. The van der Waals surface area contributed by atoms with Crippen LogP contribution in [0.3, 0.4) is 0 Å². The third-order valence-electron chi connectivity index (χ3n) is 4.26. The summed E-state index contributed by atoms with van der Waals surface area (Å²) >= 11 is 0. The van der Waals surface area contributed by atoms with Crippen molar-refractivity contribution in [2.24, 2.45) is 5.41 Å². The van der Waals surface area contributed by atoms with Gasteiger partial charge in [-0.1, -0.05) is 57.0 Å². The molecule has 0 aromatic heterocycles. The van der Waals surface area contributed by atoms with Crippen LogP contribution in [0.15, 0.2) is 30.3 Å². The minimum absolute atomic E-state index is 0.0291. The zero-order valence-corrected chi connectivity index (χ0v) is 12.2. The van der Waals surface area contributed by atoms with E-state index in [1.807, 2.05) is 0 Å². The molecule has 0 amide bonds. The molecule has 0 bridgehead atoms. The lowest BCUT2D eigenvalue weighted by molar-refractivity contribution is 0.147. The molecule has 1 aliphatic rings. The average molecular weight is 261 g/mol. The Labute approximate surface area is 117 Å². The Morgan fingerprint density at radius 3 is 2.53 bits per heavy atom. The zero-order valence-electron chi connectivity index (χ0n) is 12.2. The van der Waals surface area contributed by atoms with Gasteiger partial charge < -0.3 is 10.4 Å². The van der Waals surface area contributed by atoms with Crippen LogP contribution >= 0.6 is 0 Å². The number of aliphatic hydroxyl groups is 1. The third-order valence-corrected chi connectivity index (χ3v) is 4.26. The van der Waals surface area contributed by atoms with E-state index in [0.29, 0.717) is 12.0 Å². The van der Waals surface area contributed by atoms with E-state index in [1.165, 1.54) is 31.2 Å². The Morgan fingerprint density at radius 1 is 1.16 bits per heavy atom. The molecular weight excluding hydrogens is 234 g/mol. The summed E-state index contributed by atoms with van der Waals surface area (Å²) in [6.45, 7) is 5.35. The van der Waals surface area contributed by atoms with E-state index in [1.54, 1.807) is 0 Å². The number of hydrogen-bond donors (Lipinski definition) is 2. The highest BCUT2D eigenvalue weighted by atomic mass is 16.3. The van der Waals surface area contributed by atoms with Gasteiger partial charge in [0.2, 0.25) is 0 Å². The molecule has 1 aliphatic carbocycles. The summed E-state index contributed by atoms with van der Waals surface area (Å²) in [5, 5.41) is 13.1. The minimum Gasteiger partial charge on any atom is -0.396 e. The van der Waals surface area contributed by atoms with Crippen LogP contribution in [-0.2, 0) is 0 Å². The first kappa shape index (κ1) is 14.5. The van der Waals surface area contributed by atoms with Gasteiger partial charge in [0.15, 0.2) is 0 Å². The largest absolute Gasteiger partial charge is 0.396 e. The van der Waals surface area contributed by atoms with Crippen LogP contribution in [0.4, 0.5) is 0 Å². The summed E-state index contributed by atoms with van der Waals surface area (Å²) in [4.78, 5) is 0. The second kappa shape index (κ2) is 6.53. The number of nitrogens with one attached hydrogen (secondary N) is 1. The van der Waals surface area contributed by atoms with Crippen LogP contribution in [0.1, 0.15) is 51.0 Å². The summed E-state index contributed by atoms with van der Waals surface area (Å²) in [6.07, 6.45) is 5.18. The third kappa shape index (κ3) is 4.05. The first-order chi connectivity index (χ1) is 9.12. The van der Waals surface area contributed by atoms with Crippen molar-refractivity contribution < 1.29 is 5.11 Å². The molecule has 0 radical (unpaired) electrons. The van der Waals surface area contributed by atoms with Gasteiger partial charge in [-0.3, -0.25) is 0 Å². The Balaban J connectivity index is 2.01. The topological polar surface area (TPSA) is 32.3 Å². The quantitative estimate of drug-likeness (QED) is 0.852. The van der Waals surface area contributed by atoms with Crippen molar-refractivity contribution in [2.75, 3.05) is 13.2 Å². The van der Waals surface area contributed by atoms with Gasteiger partial charge in [0, 0.05) is 24.6 Å². The second-order valence-electron chi connectivity index (χ2n) is 6.61. The highest BCUT2D eigenvalue weighted by Gasteiger charge is 2.27. The molecule has 0 saturated heterocycles. The highest BCUT2D eigenvalue weighted by molar-refractivity contribution is 5.22. The lowest BCUT2D eigenvalue weighted by atomic mass is 9.79. The molecule has 2 nitrogen and oxygen atoms in total. The molecule has 1 fully saturated rings. The van der Waals surface area contributed by atoms with E-state index in [4.69, 9.17) is 0 Å². The van der Waals surface area contributed by atoms with Crippen molar-refractivity contribution in [1.29, 1.82) is 0 Å². The van der Waals surface area contributed by atoms with E-state index in [9.17, 15) is 5.11 Å². The van der Waals surface area contributed by atoms with Crippen molar-refractivity contribution in [3.63, 3.8) is 0 Å². The standard InChI is InChI=1S/C17H27NO/c1-17(2,13-19)12-18-16-11-7-6-10-15(16)14-8-4-3-5-9-14/h3-5,8-9,15-16,18-19H,6-7,10-13H2,1-2H3. The van der Waals surface area contributed by atoms with Crippen molar-refractivity contribution in [1.82, 2.24) is 5.32 Å². The van der Waals surface area contributed by atoms with Crippen molar-refractivity contribution in [2.45, 2.75) is 51.5 Å². The maximum atomic E-state index is 9.37. The van der Waals surface area contributed by atoms with Crippen LogP contribution < -0.4 is 5.32 Å². The molecule has 2 N–H and O–H groups in total. The van der Waals surface area contributed by atoms with E-state index < -0.39 is 0 Å². The summed E-state index contributed by atoms with van der Waals surface area (Å²) in [5.74, 6) is 0.629. The van der Waals surface area contributed by atoms with E-state index >= 15 is 0 Å². The fraction of sp³-hybridized carbons (Fsp3) is 0.647. The van der Waals surface area contributed by atoms with E-state index in [-0.39, 0.29) is 12.0 Å². The average Bonchev–Trinajstić information content (AvgIpc) is 2.46. The van der Waals surface area contributed by atoms with Gasteiger partial charge in [-0.25, -0.2) is 0 Å². The number of rotatable bonds is 5. The lowest BCUT2D eigenvalue weighted by Crippen LogP contribution is -2.43. The molecule has 19 heavy (non-hydrogen) atoms. The first-order valence-corrected chi connectivity index (χ1v) is 7.51. The van der Waals surface area contributed by atoms with Crippen LogP contribution in [0.2, 0.25) is 0 Å². The van der Waals surface area contributed by atoms with Crippen molar-refractivity contribution in [3.05, 3.63) is 35.9 Å². The smallest absolute Gasteiger partial charge is 0.0494 e. The summed E-state index contributed by atoms with van der Waals surface area (Å²) in [5.41, 5.74) is 1.43. The molecule has 1 aromatic carbocycles. The zero-order chi connectivity index (χ0) is 13.7. The first-order valence-electron chi connectivity index (χ1n) is 7.51. The molecule has 1 saturated carbocycles. The van der Waals surface area contributed by atoms with Gasteiger partial charge in [-0.2, -0.15) is 0 Å². The molecule has 2 atom stereocenters. The molecule has 2 heteroatoms. The van der Waals surface area contributed by atoms with E-state index in [0.717, 1.165) is 6.54 Å². The molecule has 0 aliphatic heterocycles. The lowest BCUT2D eigenvalue weighted by Gasteiger charge is -2.35. The summed E-state index contributed by atoms with van der Waals surface area (Å²) < 4.78 is 0. The predicted octanol–water partition coefficient (Wildman–Crippen LogP) is 3.32. The molecule has 106 valence electrons. The molecule has 2 rings (SSSR count). The van der Waals surface area contributed by atoms with Crippen molar-refractivity contribution in [3.8, 4) is 0 Å². The van der Waals surface area contributed by atoms with Gasteiger partial charge in [0.1, 0.15) is 0 Å². The Kier molecular flexibility index (Phi) is 5.00. The minimum atomic E-state index is -0.0291. The van der Waals surface area contributed by atoms with Crippen LogP contribution in [0.25, 0.3) is 0 Å². The monoisotopic (exact) mass is 261 g/mol. The number of benzene rings is 1.